The molecule has 0 saturated heterocycles. The van der Waals surface area contributed by atoms with E-state index in [9.17, 15) is 9.59 Å². The third-order valence-corrected chi connectivity index (χ3v) is 5.03. The third kappa shape index (κ3) is 3.21. The lowest BCUT2D eigenvalue weighted by molar-refractivity contribution is -0.119. The van der Waals surface area contributed by atoms with Crippen LogP contribution in [0.3, 0.4) is 0 Å². The Morgan fingerprint density at radius 3 is 2.04 bits per heavy atom. The van der Waals surface area contributed by atoms with Crippen LogP contribution in [0.4, 0.5) is 5.69 Å². The Bertz CT molecular complexity index is 1140. The summed E-state index contributed by atoms with van der Waals surface area (Å²) in [7, 11) is 0. The van der Waals surface area contributed by atoms with Crippen molar-refractivity contribution in [3.8, 4) is 0 Å². The Labute approximate surface area is 162 Å². The molecule has 0 aliphatic heterocycles. The summed E-state index contributed by atoms with van der Waals surface area (Å²) in [6, 6.07) is 27.7. The van der Waals surface area contributed by atoms with Crippen molar-refractivity contribution in [1.82, 2.24) is 0 Å². The third-order valence-electron chi connectivity index (χ3n) is 5.03. The van der Waals surface area contributed by atoms with Gasteiger partial charge in [-0.25, -0.2) is 4.79 Å². The molecule has 0 aliphatic rings. The van der Waals surface area contributed by atoms with Gasteiger partial charge in [0.05, 0.1) is 5.41 Å². The maximum absolute atomic E-state index is 13.4. The molecule has 0 fully saturated rings. The van der Waals surface area contributed by atoms with Crippen LogP contribution in [0.5, 0.6) is 0 Å². The first-order valence-corrected chi connectivity index (χ1v) is 9.04. The smallest absolute Gasteiger partial charge is 0.336 e. The van der Waals surface area contributed by atoms with Gasteiger partial charge >= 0.3 is 5.63 Å². The Morgan fingerprint density at radius 1 is 0.821 bits per heavy atom. The molecule has 0 aliphatic carbocycles. The lowest BCUT2D eigenvalue weighted by Gasteiger charge is -2.29. The maximum Gasteiger partial charge on any atom is 0.336 e. The maximum atomic E-state index is 13.4. The number of hydrogen-bond donors (Lipinski definition) is 1. The monoisotopic (exact) mass is 369 g/mol. The highest BCUT2D eigenvalue weighted by atomic mass is 16.4. The average Bonchev–Trinajstić information content (AvgIpc) is 2.74. The number of carbonyl (C=O) groups is 1. The molecule has 1 amide bonds. The second-order valence-electron chi connectivity index (χ2n) is 6.82. The van der Waals surface area contributed by atoms with Gasteiger partial charge in [0, 0.05) is 17.1 Å². The van der Waals surface area contributed by atoms with Crippen LogP contribution in [0, 0.1) is 0 Å². The first kappa shape index (κ1) is 17.7. The fourth-order valence-electron chi connectivity index (χ4n) is 3.38. The van der Waals surface area contributed by atoms with Crippen LogP contribution in [0.15, 0.2) is 100 Å². The summed E-state index contributed by atoms with van der Waals surface area (Å²) in [5.74, 6) is -0.137. The van der Waals surface area contributed by atoms with E-state index in [1.807, 2.05) is 67.6 Å². The molecular formula is C24H19NO3. The summed E-state index contributed by atoms with van der Waals surface area (Å²) in [5.41, 5.74) is 1.69. The van der Waals surface area contributed by atoms with Gasteiger partial charge in [-0.3, -0.25) is 4.79 Å². The molecular weight excluding hydrogens is 350 g/mol. The van der Waals surface area contributed by atoms with Crippen molar-refractivity contribution in [3.05, 3.63) is 113 Å². The molecule has 1 N–H and O–H groups in total. The van der Waals surface area contributed by atoms with E-state index in [4.69, 9.17) is 4.42 Å². The summed E-state index contributed by atoms with van der Waals surface area (Å²) < 4.78 is 5.16. The van der Waals surface area contributed by atoms with Crippen molar-refractivity contribution in [3.63, 3.8) is 0 Å². The van der Waals surface area contributed by atoms with Crippen LogP contribution < -0.4 is 10.9 Å². The highest BCUT2D eigenvalue weighted by Crippen LogP contribution is 2.33. The fourth-order valence-corrected chi connectivity index (χ4v) is 3.38. The van der Waals surface area contributed by atoms with E-state index in [0.29, 0.717) is 11.3 Å². The number of anilines is 1. The summed E-state index contributed by atoms with van der Waals surface area (Å²) in [4.78, 5) is 24.8. The van der Waals surface area contributed by atoms with Crippen molar-refractivity contribution < 1.29 is 9.21 Å². The van der Waals surface area contributed by atoms with Gasteiger partial charge in [0.2, 0.25) is 5.91 Å². The van der Waals surface area contributed by atoms with Gasteiger partial charge in [-0.05, 0) is 42.3 Å². The first-order valence-electron chi connectivity index (χ1n) is 9.04. The number of benzene rings is 3. The molecule has 28 heavy (non-hydrogen) atoms. The van der Waals surface area contributed by atoms with Gasteiger partial charge in [0.25, 0.3) is 0 Å². The standard InChI is InChI=1S/C24H19NO3/c1-24(18-8-4-2-5-9-18,19-10-6-3-7-11-19)23(27)25-20-13-14-21-17(16-20)12-15-22(26)28-21/h2-16H,1H3,(H,25,27). The number of rotatable bonds is 4. The Hall–Kier alpha value is -3.66. The number of nitrogens with one attached hydrogen (secondary N) is 1. The topological polar surface area (TPSA) is 59.3 Å². The summed E-state index contributed by atoms with van der Waals surface area (Å²) >= 11 is 0. The van der Waals surface area contributed by atoms with E-state index in [-0.39, 0.29) is 5.91 Å². The fraction of sp³-hybridized carbons (Fsp3) is 0.0833. The van der Waals surface area contributed by atoms with Crippen molar-refractivity contribution >= 4 is 22.6 Å². The van der Waals surface area contributed by atoms with Gasteiger partial charge in [-0.1, -0.05) is 60.7 Å². The summed E-state index contributed by atoms with van der Waals surface area (Å²) in [6.07, 6.45) is 0. The number of amides is 1. The van der Waals surface area contributed by atoms with Crippen molar-refractivity contribution in [2.45, 2.75) is 12.3 Å². The molecule has 4 rings (SSSR count). The molecule has 4 heteroatoms. The van der Waals surface area contributed by atoms with Gasteiger partial charge in [-0.2, -0.15) is 0 Å². The molecule has 0 atom stereocenters. The number of carbonyl (C=O) groups excluding carboxylic acids is 1. The highest BCUT2D eigenvalue weighted by molar-refractivity contribution is 6.02. The zero-order valence-electron chi connectivity index (χ0n) is 15.4. The quantitative estimate of drug-likeness (QED) is 0.529. The lowest BCUT2D eigenvalue weighted by Crippen LogP contribution is -2.38. The Kier molecular flexibility index (Phi) is 4.53. The van der Waals surface area contributed by atoms with Crippen molar-refractivity contribution in [2.75, 3.05) is 5.32 Å². The van der Waals surface area contributed by atoms with E-state index in [1.165, 1.54) is 6.07 Å². The minimum absolute atomic E-state index is 0.137. The second kappa shape index (κ2) is 7.16. The van der Waals surface area contributed by atoms with E-state index in [1.54, 1.807) is 24.3 Å². The summed E-state index contributed by atoms with van der Waals surface area (Å²) in [6.45, 7) is 1.92. The van der Waals surface area contributed by atoms with Crippen LogP contribution in [0.2, 0.25) is 0 Å². The minimum atomic E-state index is -0.860. The molecule has 4 nitrogen and oxygen atoms in total. The highest BCUT2D eigenvalue weighted by Gasteiger charge is 2.37. The Morgan fingerprint density at radius 2 is 1.43 bits per heavy atom. The van der Waals surface area contributed by atoms with E-state index in [0.717, 1.165) is 16.5 Å². The largest absolute Gasteiger partial charge is 0.423 e. The zero-order valence-corrected chi connectivity index (χ0v) is 15.4. The molecule has 0 radical (unpaired) electrons. The molecule has 0 unspecified atom stereocenters. The average molecular weight is 369 g/mol. The molecule has 0 bridgehead atoms. The first-order chi connectivity index (χ1) is 13.6. The SMILES string of the molecule is CC(C(=O)Nc1ccc2oc(=O)ccc2c1)(c1ccccc1)c1ccccc1. The van der Waals surface area contributed by atoms with Crippen LogP contribution in [0.1, 0.15) is 18.1 Å². The van der Waals surface area contributed by atoms with Gasteiger partial charge in [-0.15, -0.1) is 0 Å². The second-order valence-corrected chi connectivity index (χ2v) is 6.82. The van der Waals surface area contributed by atoms with Crippen LogP contribution in [-0.4, -0.2) is 5.91 Å². The normalized spacial score (nSPS) is 11.3. The van der Waals surface area contributed by atoms with Crippen LogP contribution in [-0.2, 0) is 10.2 Å². The molecule has 138 valence electrons. The molecule has 4 aromatic rings. The number of hydrogen-bond acceptors (Lipinski definition) is 3. The van der Waals surface area contributed by atoms with Crippen molar-refractivity contribution in [2.24, 2.45) is 0 Å². The zero-order chi connectivity index (χ0) is 19.6. The minimum Gasteiger partial charge on any atom is -0.423 e. The van der Waals surface area contributed by atoms with Gasteiger partial charge in [0.1, 0.15) is 5.58 Å². The Balaban J connectivity index is 1.74. The predicted molar refractivity (Wildman–Crippen MR) is 110 cm³/mol. The molecule has 0 spiro atoms. The molecule has 1 aromatic heterocycles. The van der Waals surface area contributed by atoms with Crippen molar-refractivity contribution in [1.29, 1.82) is 0 Å². The van der Waals surface area contributed by atoms with Gasteiger partial charge in [0.15, 0.2) is 0 Å². The van der Waals surface area contributed by atoms with Crippen LogP contribution in [0.25, 0.3) is 11.0 Å². The van der Waals surface area contributed by atoms with Crippen LogP contribution >= 0.6 is 0 Å². The molecule has 1 heterocycles. The van der Waals surface area contributed by atoms with E-state index < -0.39 is 11.0 Å². The molecule has 3 aromatic carbocycles. The summed E-state index contributed by atoms with van der Waals surface area (Å²) in [5, 5.41) is 3.78. The number of fused-ring (bicyclic) bond motifs is 1. The lowest BCUT2D eigenvalue weighted by atomic mass is 9.75. The predicted octanol–water partition coefficient (Wildman–Crippen LogP) is 4.74. The van der Waals surface area contributed by atoms with Gasteiger partial charge < -0.3 is 9.73 Å². The van der Waals surface area contributed by atoms with E-state index >= 15 is 0 Å². The van der Waals surface area contributed by atoms with E-state index in [2.05, 4.69) is 5.32 Å². The molecule has 0 saturated carbocycles.